The summed E-state index contributed by atoms with van der Waals surface area (Å²) in [5, 5.41) is 25.0. The van der Waals surface area contributed by atoms with Crippen LogP contribution in [0.1, 0.15) is 41.0 Å². The maximum atomic E-state index is 12.2. The Morgan fingerprint density at radius 1 is 1.40 bits per heavy atom. The molecular weight excluding hydrogens is 365 g/mol. The Kier molecular flexibility index (Phi) is 5.90. The molecule has 3 rings (SSSR count). The number of aliphatic hydroxyl groups excluding tert-OH is 1. The molecule has 134 valence electrons. The Morgan fingerprint density at radius 3 is 2.88 bits per heavy atom. The molecule has 1 atom stereocenters. The molecule has 1 aromatic carbocycles. The van der Waals surface area contributed by atoms with Crippen molar-refractivity contribution < 1.29 is 9.90 Å². The van der Waals surface area contributed by atoms with Crippen molar-refractivity contribution in [2.75, 3.05) is 19.6 Å². The molecule has 0 radical (unpaired) electrons. The molecule has 9 heteroatoms. The first kappa shape index (κ1) is 18.1. The van der Waals surface area contributed by atoms with Crippen molar-refractivity contribution in [1.29, 1.82) is 0 Å². The van der Waals surface area contributed by atoms with Gasteiger partial charge in [-0.25, -0.2) is 4.68 Å². The molecule has 1 aromatic heterocycles. The third-order valence-corrected chi connectivity index (χ3v) is 4.77. The number of nitrogens with one attached hydrogen (secondary N) is 2. The Morgan fingerprint density at radius 2 is 2.16 bits per heavy atom. The van der Waals surface area contributed by atoms with Crippen LogP contribution >= 0.6 is 23.2 Å². The van der Waals surface area contributed by atoms with Crippen LogP contribution < -0.4 is 10.6 Å². The fourth-order valence-electron chi connectivity index (χ4n) is 2.79. The first-order valence-corrected chi connectivity index (χ1v) is 8.84. The van der Waals surface area contributed by atoms with E-state index in [1.165, 1.54) is 0 Å². The Hall–Kier alpha value is -1.67. The zero-order valence-electron chi connectivity index (χ0n) is 13.5. The van der Waals surface area contributed by atoms with Crippen molar-refractivity contribution in [3.05, 3.63) is 45.7 Å². The molecule has 1 fully saturated rings. The fourth-order valence-corrected chi connectivity index (χ4v) is 3.33. The van der Waals surface area contributed by atoms with Crippen LogP contribution in [0.5, 0.6) is 0 Å². The predicted octanol–water partition coefficient (Wildman–Crippen LogP) is 1.97. The third kappa shape index (κ3) is 4.49. The third-order valence-electron chi connectivity index (χ3n) is 4.20. The number of carbonyl (C=O) groups excluding carboxylic acids is 1. The Bertz CT molecular complexity index is 746. The van der Waals surface area contributed by atoms with Crippen LogP contribution in [0.4, 0.5) is 0 Å². The van der Waals surface area contributed by atoms with Gasteiger partial charge in [-0.1, -0.05) is 34.5 Å². The van der Waals surface area contributed by atoms with Crippen LogP contribution in [-0.2, 0) is 0 Å². The molecule has 0 unspecified atom stereocenters. The van der Waals surface area contributed by atoms with E-state index in [0.29, 0.717) is 15.6 Å². The second-order valence-electron chi connectivity index (χ2n) is 5.96. The average molecular weight is 384 g/mol. The van der Waals surface area contributed by atoms with Crippen LogP contribution in [0.15, 0.2) is 24.4 Å². The van der Waals surface area contributed by atoms with Crippen molar-refractivity contribution in [1.82, 2.24) is 25.6 Å². The first-order valence-electron chi connectivity index (χ1n) is 8.08. The van der Waals surface area contributed by atoms with Gasteiger partial charge in [-0.2, -0.15) is 0 Å². The summed E-state index contributed by atoms with van der Waals surface area (Å²) in [7, 11) is 0. The maximum Gasteiger partial charge on any atom is 0.273 e. The predicted molar refractivity (Wildman–Crippen MR) is 94.9 cm³/mol. The number of aromatic nitrogens is 3. The molecule has 0 saturated carbocycles. The number of carbonyl (C=O) groups is 1. The summed E-state index contributed by atoms with van der Waals surface area (Å²) < 4.78 is 1.74. The molecule has 3 N–H and O–H groups in total. The van der Waals surface area contributed by atoms with Gasteiger partial charge >= 0.3 is 0 Å². The normalized spacial score (nSPS) is 16.6. The second-order valence-corrected chi connectivity index (χ2v) is 6.80. The summed E-state index contributed by atoms with van der Waals surface area (Å²) in [6.45, 7) is 1.88. The number of halogens is 2. The Labute approximate surface area is 155 Å². The molecule has 1 amide bonds. The molecule has 2 heterocycles. The molecule has 25 heavy (non-hydrogen) atoms. The van der Waals surface area contributed by atoms with E-state index in [9.17, 15) is 9.90 Å². The van der Waals surface area contributed by atoms with Crippen LogP contribution in [0.3, 0.4) is 0 Å². The fraction of sp³-hybridized carbons (Fsp3) is 0.438. The van der Waals surface area contributed by atoms with Crippen molar-refractivity contribution in [2.45, 2.75) is 25.0 Å². The smallest absolute Gasteiger partial charge is 0.273 e. The number of hydrogen-bond donors (Lipinski definition) is 3. The number of rotatable bonds is 5. The van der Waals surface area contributed by atoms with E-state index in [2.05, 4.69) is 20.9 Å². The molecular formula is C16H19Cl2N5O2. The van der Waals surface area contributed by atoms with Crippen molar-refractivity contribution in [2.24, 2.45) is 0 Å². The van der Waals surface area contributed by atoms with Crippen LogP contribution in [0.2, 0.25) is 10.0 Å². The maximum absolute atomic E-state index is 12.2. The van der Waals surface area contributed by atoms with Crippen LogP contribution in [-0.4, -0.2) is 45.6 Å². The highest BCUT2D eigenvalue weighted by molar-refractivity contribution is 6.35. The zero-order valence-corrected chi connectivity index (χ0v) is 15.0. The molecule has 0 bridgehead atoms. The second kappa shape index (κ2) is 8.14. The monoisotopic (exact) mass is 383 g/mol. The molecule has 1 aliphatic rings. The van der Waals surface area contributed by atoms with E-state index < -0.39 is 6.10 Å². The van der Waals surface area contributed by atoms with Gasteiger partial charge < -0.3 is 15.7 Å². The van der Waals surface area contributed by atoms with Crippen molar-refractivity contribution in [3.63, 3.8) is 0 Å². The lowest BCUT2D eigenvalue weighted by Gasteiger charge is -2.22. The summed E-state index contributed by atoms with van der Waals surface area (Å²) in [4.78, 5) is 12.2. The Balaban J connectivity index is 1.58. The quantitative estimate of drug-likeness (QED) is 0.733. The van der Waals surface area contributed by atoms with Crippen LogP contribution in [0.25, 0.3) is 0 Å². The lowest BCUT2D eigenvalue weighted by atomic mass is 10.1. The van der Waals surface area contributed by atoms with E-state index in [-0.39, 0.29) is 24.2 Å². The standard InChI is InChI=1S/C16H19Cl2N5O2/c17-10-1-2-12(13(18)7-10)15(24)8-20-16(25)14-9-23(22-21-14)11-3-5-19-6-4-11/h1-2,7,9,11,15,19,24H,3-6,8H2,(H,20,25)/t15-/m0/s1. The SMILES string of the molecule is O=C(NC[C@H](O)c1ccc(Cl)cc1Cl)c1cn(C2CCNCC2)nn1. The van der Waals surface area contributed by atoms with Crippen molar-refractivity contribution >= 4 is 29.1 Å². The van der Waals surface area contributed by atoms with Gasteiger partial charge in [-0.05, 0) is 38.1 Å². The summed E-state index contributed by atoms with van der Waals surface area (Å²) >= 11 is 11.9. The minimum Gasteiger partial charge on any atom is -0.387 e. The molecule has 1 saturated heterocycles. The van der Waals surface area contributed by atoms with Gasteiger partial charge in [0.1, 0.15) is 0 Å². The van der Waals surface area contributed by atoms with Gasteiger partial charge in [0.05, 0.1) is 18.3 Å². The number of amides is 1. The van der Waals surface area contributed by atoms with Gasteiger partial charge in [-0.3, -0.25) is 4.79 Å². The summed E-state index contributed by atoms with van der Waals surface area (Å²) in [5.41, 5.74) is 0.734. The van der Waals surface area contributed by atoms with E-state index in [4.69, 9.17) is 23.2 Å². The molecule has 7 nitrogen and oxygen atoms in total. The summed E-state index contributed by atoms with van der Waals surface area (Å²) in [5.74, 6) is -0.385. The van der Waals surface area contributed by atoms with Gasteiger partial charge in [0, 0.05) is 22.2 Å². The highest BCUT2D eigenvalue weighted by Crippen LogP contribution is 2.26. The summed E-state index contributed by atoms with van der Waals surface area (Å²) in [6.07, 6.45) is 2.62. The largest absolute Gasteiger partial charge is 0.387 e. The van der Waals surface area contributed by atoms with E-state index in [1.807, 2.05) is 0 Å². The zero-order chi connectivity index (χ0) is 17.8. The number of aliphatic hydroxyl groups is 1. The van der Waals surface area contributed by atoms with E-state index >= 15 is 0 Å². The number of hydrogen-bond acceptors (Lipinski definition) is 5. The lowest BCUT2D eigenvalue weighted by molar-refractivity contribution is 0.0911. The van der Waals surface area contributed by atoms with Crippen LogP contribution in [0, 0.1) is 0 Å². The minimum atomic E-state index is -0.937. The van der Waals surface area contributed by atoms with Crippen molar-refractivity contribution in [3.8, 4) is 0 Å². The minimum absolute atomic E-state index is 0.0143. The molecule has 0 aliphatic carbocycles. The lowest BCUT2D eigenvalue weighted by Crippen LogP contribution is -2.30. The van der Waals surface area contributed by atoms with E-state index in [0.717, 1.165) is 25.9 Å². The van der Waals surface area contributed by atoms with Gasteiger partial charge in [0.15, 0.2) is 5.69 Å². The first-order chi connectivity index (χ1) is 12.0. The molecule has 0 spiro atoms. The number of piperidine rings is 1. The highest BCUT2D eigenvalue weighted by Gasteiger charge is 2.19. The number of benzene rings is 1. The van der Waals surface area contributed by atoms with Gasteiger partial charge in [0.2, 0.25) is 0 Å². The molecule has 2 aromatic rings. The number of nitrogens with zero attached hydrogens (tertiary/aromatic N) is 3. The van der Waals surface area contributed by atoms with Gasteiger partial charge in [0.25, 0.3) is 5.91 Å². The highest BCUT2D eigenvalue weighted by atomic mass is 35.5. The van der Waals surface area contributed by atoms with Gasteiger partial charge in [-0.15, -0.1) is 5.10 Å². The van der Waals surface area contributed by atoms with E-state index in [1.54, 1.807) is 29.1 Å². The summed E-state index contributed by atoms with van der Waals surface area (Å²) in [6, 6.07) is 5.08. The molecule has 1 aliphatic heterocycles. The average Bonchev–Trinajstić information content (AvgIpc) is 3.10. The topological polar surface area (TPSA) is 92.1 Å².